The molecule has 3 rings (SSSR count). The van der Waals surface area contributed by atoms with Crippen molar-refractivity contribution in [3.63, 3.8) is 0 Å². The van der Waals surface area contributed by atoms with Gasteiger partial charge in [0.1, 0.15) is 0 Å². The standard InChI is InChI=1S/C15H22N4OS/c1-18-6-8-19(9-7-18)12-3-4-13-14(11-12)21-15(17-13)16-5-10-20-2/h3-4,11H,5-10H2,1-2H3,(H,16,17). The molecule has 1 aromatic heterocycles. The van der Waals surface area contributed by atoms with Gasteiger partial charge in [0.05, 0.1) is 16.8 Å². The molecule has 1 aliphatic rings. The summed E-state index contributed by atoms with van der Waals surface area (Å²) in [6.45, 7) is 5.94. The van der Waals surface area contributed by atoms with Crippen molar-refractivity contribution in [2.45, 2.75) is 0 Å². The van der Waals surface area contributed by atoms with Crippen molar-refractivity contribution in [1.29, 1.82) is 0 Å². The number of piperazine rings is 1. The molecule has 2 aromatic rings. The van der Waals surface area contributed by atoms with Gasteiger partial charge in [0.15, 0.2) is 5.13 Å². The number of benzene rings is 1. The normalized spacial score (nSPS) is 16.6. The molecular formula is C15H22N4OS. The Hall–Kier alpha value is -1.37. The van der Waals surface area contributed by atoms with Crippen LogP contribution in [0.1, 0.15) is 0 Å². The molecule has 0 radical (unpaired) electrons. The van der Waals surface area contributed by atoms with Gasteiger partial charge in [-0.3, -0.25) is 0 Å². The highest BCUT2D eigenvalue weighted by Gasteiger charge is 2.15. The Balaban J connectivity index is 1.73. The first-order valence-corrected chi connectivity index (χ1v) is 8.15. The van der Waals surface area contributed by atoms with E-state index in [9.17, 15) is 0 Å². The maximum atomic E-state index is 5.05. The van der Waals surface area contributed by atoms with Crippen molar-refractivity contribution in [3.05, 3.63) is 18.2 Å². The third-order valence-corrected chi connectivity index (χ3v) is 4.80. The molecule has 0 saturated carbocycles. The van der Waals surface area contributed by atoms with Crippen LogP contribution >= 0.6 is 11.3 Å². The molecule has 114 valence electrons. The van der Waals surface area contributed by atoms with E-state index >= 15 is 0 Å². The van der Waals surface area contributed by atoms with E-state index in [1.807, 2.05) is 0 Å². The fourth-order valence-electron chi connectivity index (χ4n) is 2.51. The van der Waals surface area contributed by atoms with E-state index in [0.29, 0.717) is 6.61 Å². The van der Waals surface area contributed by atoms with Gasteiger partial charge in [0.25, 0.3) is 0 Å². The van der Waals surface area contributed by atoms with Gasteiger partial charge in [-0.25, -0.2) is 4.98 Å². The van der Waals surface area contributed by atoms with E-state index in [0.717, 1.165) is 43.4 Å². The van der Waals surface area contributed by atoms with Crippen molar-refractivity contribution >= 4 is 32.4 Å². The molecule has 21 heavy (non-hydrogen) atoms. The van der Waals surface area contributed by atoms with Gasteiger partial charge in [0, 0.05) is 45.5 Å². The zero-order chi connectivity index (χ0) is 14.7. The third kappa shape index (κ3) is 3.45. The van der Waals surface area contributed by atoms with E-state index in [1.54, 1.807) is 18.4 Å². The molecule has 0 unspecified atom stereocenters. The molecule has 0 amide bonds. The van der Waals surface area contributed by atoms with Crippen LogP contribution in [0.5, 0.6) is 0 Å². The summed E-state index contributed by atoms with van der Waals surface area (Å²) in [6, 6.07) is 6.58. The molecule has 1 N–H and O–H groups in total. The number of methoxy groups -OCH3 is 1. The SMILES string of the molecule is COCCNc1nc2ccc(N3CCN(C)CC3)cc2s1. The predicted octanol–water partition coefficient (Wildman–Crippen LogP) is 2.11. The summed E-state index contributed by atoms with van der Waals surface area (Å²) in [6.07, 6.45) is 0. The number of rotatable bonds is 5. The number of nitrogens with one attached hydrogen (secondary N) is 1. The number of fused-ring (bicyclic) bond motifs is 1. The maximum absolute atomic E-state index is 5.05. The third-order valence-electron chi connectivity index (χ3n) is 3.82. The Morgan fingerprint density at radius 3 is 2.86 bits per heavy atom. The van der Waals surface area contributed by atoms with Gasteiger partial charge in [-0.2, -0.15) is 0 Å². The summed E-state index contributed by atoms with van der Waals surface area (Å²) in [7, 11) is 3.89. The summed E-state index contributed by atoms with van der Waals surface area (Å²) in [5.41, 5.74) is 2.38. The minimum atomic E-state index is 0.697. The second-order valence-electron chi connectivity index (χ2n) is 5.38. The second kappa shape index (κ2) is 6.60. The van der Waals surface area contributed by atoms with Crippen LogP contribution in [0.3, 0.4) is 0 Å². The Labute approximate surface area is 129 Å². The fraction of sp³-hybridized carbons (Fsp3) is 0.533. The van der Waals surface area contributed by atoms with E-state index in [1.165, 1.54) is 10.4 Å². The summed E-state index contributed by atoms with van der Waals surface area (Å²) >= 11 is 1.71. The summed E-state index contributed by atoms with van der Waals surface area (Å²) in [4.78, 5) is 9.44. The zero-order valence-corrected chi connectivity index (χ0v) is 13.4. The van der Waals surface area contributed by atoms with Crippen LogP contribution in [0.4, 0.5) is 10.8 Å². The largest absolute Gasteiger partial charge is 0.383 e. The van der Waals surface area contributed by atoms with Crippen LogP contribution in [0, 0.1) is 0 Å². The Kier molecular flexibility index (Phi) is 4.57. The van der Waals surface area contributed by atoms with Gasteiger partial charge in [0.2, 0.25) is 0 Å². The first kappa shape index (κ1) is 14.6. The van der Waals surface area contributed by atoms with Crippen LogP contribution in [-0.4, -0.2) is 63.4 Å². The highest BCUT2D eigenvalue weighted by molar-refractivity contribution is 7.22. The maximum Gasteiger partial charge on any atom is 0.183 e. The van der Waals surface area contributed by atoms with Crippen LogP contribution in [-0.2, 0) is 4.74 Å². The average molecular weight is 306 g/mol. The molecule has 6 heteroatoms. The minimum absolute atomic E-state index is 0.697. The van der Waals surface area contributed by atoms with Crippen molar-refractivity contribution in [1.82, 2.24) is 9.88 Å². The first-order valence-electron chi connectivity index (χ1n) is 7.33. The van der Waals surface area contributed by atoms with E-state index in [2.05, 4.69) is 45.3 Å². The number of ether oxygens (including phenoxy) is 1. The van der Waals surface area contributed by atoms with E-state index in [4.69, 9.17) is 4.74 Å². The number of anilines is 2. The minimum Gasteiger partial charge on any atom is -0.383 e. The Morgan fingerprint density at radius 2 is 2.10 bits per heavy atom. The van der Waals surface area contributed by atoms with Crippen LogP contribution in [0.25, 0.3) is 10.2 Å². The highest BCUT2D eigenvalue weighted by Crippen LogP contribution is 2.30. The highest BCUT2D eigenvalue weighted by atomic mass is 32.1. The van der Waals surface area contributed by atoms with Crippen molar-refractivity contribution in [3.8, 4) is 0 Å². The molecule has 1 saturated heterocycles. The van der Waals surface area contributed by atoms with Gasteiger partial charge < -0.3 is 19.9 Å². The van der Waals surface area contributed by atoms with Crippen molar-refractivity contribution in [2.75, 3.05) is 63.7 Å². The van der Waals surface area contributed by atoms with Crippen LogP contribution in [0.15, 0.2) is 18.2 Å². The molecule has 0 spiro atoms. The quantitative estimate of drug-likeness (QED) is 0.857. The number of likely N-dealkylation sites (N-methyl/N-ethyl adjacent to an activating group) is 1. The number of nitrogens with zero attached hydrogens (tertiary/aromatic N) is 3. The molecule has 2 heterocycles. The van der Waals surface area contributed by atoms with Gasteiger partial charge in [-0.05, 0) is 25.2 Å². The molecule has 5 nitrogen and oxygen atoms in total. The molecule has 0 atom stereocenters. The van der Waals surface area contributed by atoms with Gasteiger partial charge in [-0.1, -0.05) is 11.3 Å². The van der Waals surface area contributed by atoms with Crippen molar-refractivity contribution in [2.24, 2.45) is 0 Å². The fourth-order valence-corrected chi connectivity index (χ4v) is 3.43. The van der Waals surface area contributed by atoms with Crippen LogP contribution < -0.4 is 10.2 Å². The summed E-state index contributed by atoms with van der Waals surface area (Å²) in [5, 5.41) is 4.27. The lowest BCUT2D eigenvalue weighted by Gasteiger charge is -2.34. The van der Waals surface area contributed by atoms with Gasteiger partial charge in [-0.15, -0.1) is 0 Å². The van der Waals surface area contributed by atoms with Crippen LogP contribution in [0.2, 0.25) is 0 Å². The Morgan fingerprint density at radius 1 is 1.29 bits per heavy atom. The number of hydrogen-bond acceptors (Lipinski definition) is 6. The van der Waals surface area contributed by atoms with Gasteiger partial charge >= 0.3 is 0 Å². The number of hydrogen-bond donors (Lipinski definition) is 1. The molecule has 0 bridgehead atoms. The molecule has 0 aliphatic carbocycles. The molecule has 1 aromatic carbocycles. The number of thiazole rings is 1. The van der Waals surface area contributed by atoms with E-state index < -0.39 is 0 Å². The first-order chi connectivity index (χ1) is 10.3. The average Bonchev–Trinajstić information content (AvgIpc) is 2.90. The molecule has 1 fully saturated rings. The van der Waals surface area contributed by atoms with E-state index in [-0.39, 0.29) is 0 Å². The Bertz CT molecular complexity index is 592. The number of aromatic nitrogens is 1. The monoisotopic (exact) mass is 306 g/mol. The topological polar surface area (TPSA) is 40.6 Å². The summed E-state index contributed by atoms with van der Waals surface area (Å²) in [5.74, 6) is 0. The zero-order valence-electron chi connectivity index (χ0n) is 12.6. The predicted molar refractivity (Wildman–Crippen MR) is 89.7 cm³/mol. The molecular weight excluding hydrogens is 284 g/mol. The second-order valence-corrected chi connectivity index (χ2v) is 6.41. The lowest BCUT2D eigenvalue weighted by molar-refractivity contribution is 0.211. The lowest BCUT2D eigenvalue weighted by Crippen LogP contribution is -2.44. The van der Waals surface area contributed by atoms with Crippen molar-refractivity contribution < 1.29 is 4.74 Å². The lowest BCUT2D eigenvalue weighted by atomic mass is 10.2. The smallest absolute Gasteiger partial charge is 0.183 e. The molecule has 1 aliphatic heterocycles. The summed E-state index contributed by atoms with van der Waals surface area (Å²) < 4.78 is 6.29.